The summed E-state index contributed by atoms with van der Waals surface area (Å²) in [4.78, 5) is 12.2. The molecule has 0 saturated carbocycles. The Labute approximate surface area is 128 Å². The molecule has 2 saturated heterocycles. The molecular formula is C18H15N2O2+. The number of nitrogens with zero attached hydrogens (tertiary/aromatic N) is 1. The second kappa shape index (κ2) is 4.27. The second-order valence-electron chi connectivity index (χ2n) is 5.94. The maximum atomic E-state index is 12.2. The summed E-state index contributed by atoms with van der Waals surface area (Å²) in [5.41, 5.74) is 8.79. The van der Waals surface area contributed by atoms with Crippen molar-refractivity contribution >= 4 is 11.6 Å². The van der Waals surface area contributed by atoms with Gasteiger partial charge in [0.15, 0.2) is 0 Å². The van der Waals surface area contributed by atoms with Crippen molar-refractivity contribution in [2.45, 2.75) is 12.6 Å². The van der Waals surface area contributed by atoms with Crippen LogP contribution in [0.15, 0.2) is 48.5 Å². The Kier molecular flexibility index (Phi) is 2.35. The lowest BCUT2D eigenvalue weighted by Gasteiger charge is -2.06. The molecule has 1 N–H and O–H groups in total. The summed E-state index contributed by atoms with van der Waals surface area (Å²) in [5.74, 6) is 0.00397. The third kappa shape index (κ3) is 1.45. The van der Waals surface area contributed by atoms with Gasteiger partial charge in [-0.1, -0.05) is 41.1 Å². The molecule has 1 amide bonds. The molecule has 22 heavy (non-hydrogen) atoms. The number of carbonyl (C=O) groups excluding carboxylic acids is 1. The Bertz CT molecular complexity index is 793. The van der Waals surface area contributed by atoms with Crippen LogP contribution in [-0.4, -0.2) is 29.1 Å². The van der Waals surface area contributed by atoms with Crippen LogP contribution < -0.4 is 5.43 Å². The van der Waals surface area contributed by atoms with Crippen LogP contribution in [0.5, 0.6) is 0 Å². The normalized spacial score (nSPS) is 25.0. The number of fused-ring (bicyclic) bond motifs is 4. The van der Waals surface area contributed by atoms with E-state index in [4.69, 9.17) is 4.74 Å². The van der Waals surface area contributed by atoms with E-state index in [0.29, 0.717) is 6.61 Å². The Morgan fingerprint density at radius 3 is 2.18 bits per heavy atom. The summed E-state index contributed by atoms with van der Waals surface area (Å²) in [6.07, 6.45) is 0.602. The topological polar surface area (TPSA) is 41.3 Å². The Morgan fingerprint density at radius 1 is 0.955 bits per heavy atom. The van der Waals surface area contributed by atoms with Crippen molar-refractivity contribution in [3.63, 3.8) is 0 Å². The van der Waals surface area contributed by atoms with Crippen molar-refractivity contribution in [3.05, 3.63) is 59.7 Å². The first-order valence-corrected chi connectivity index (χ1v) is 7.62. The molecule has 5 rings (SSSR count). The quantitative estimate of drug-likeness (QED) is 0.643. The van der Waals surface area contributed by atoms with E-state index in [-0.39, 0.29) is 18.1 Å². The smallest absolute Gasteiger partial charge is 0.298 e. The van der Waals surface area contributed by atoms with Gasteiger partial charge in [0.05, 0.1) is 17.7 Å². The number of nitrogens with one attached hydrogen (secondary N) is 1. The van der Waals surface area contributed by atoms with Gasteiger partial charge in [-0.3, -0.25) is 4.79 Å². The minimum absolute atomic E-state index is 0.0626. The van der Waals surface area contributed by atoms with Crippen LogP contribution in [0, 0.1) is 5.92 Å². The average Bonchev–Trinajstić information content (AvgIpc) is 3.22. The number of carbonyl (C=O) groups is 1. The number of hydrogen-bond donors (Lipinski definition) is 1. The molecular weight excluding hydrogens is 276 g/mol. The lowest BCUT2D eigenvalue weighted by Crippen LogP contribution is -2.35. The number of benzene rings is 2. The first-order valence-electron chi connectivity index (χ1n) is 7.62. The number of ether oxygens (including phenoxy) is 1. The summed E-state index contributed by atoms with van der Waals surface area (Å²) in [6.45, 7) is 0.649. The highest BCUT2D eigenvalue weighted by molar-refractivity contribution is 6.22. The molecule has 2 heterocycles. The zero-order valence-electron chi connectivity index (χ0n) is 12.0. The van der Waals surface area contributed by atoms with E-state index in [9.17, 15) is 4.79 Å². The van der Waals surface area contributed by atoms with Crippen LogP contribution >= 0.6 is 0 Å². The predicted molar refractivity (Wildman–Crippen MR) is 81.3 cm³/mol. The fraction of sp³-hybridized carbons (Fsp3) is 0.222. The Balaban J connectivity index is 1.82. The van der Waals surface area contributed by atoms with Gasteiger partial charge in [0, 0.05) is 0 Å². The number of amides is 1. The van der Waals surface area contributed by atoms with Crippen molar-refractivity contribution < 1.29 is 14.2 Å². The van der Waals surface area contributed by atoms with Crippen molar-refractivity contribution in [1.82, 2.24) is 5.43 Å². The number of hydrogen-bond acceptors (Lipinski definition) is 2. The van der Waals surface area contributed by atoms with Crippen molar-refractivity contribution in [2.75, 3.05) is 6.61 Å². The van der Waals surface area contributed by atoms with E-state index in [1.54, 1.807) is 0 Å². The van der Waals surface area contributed by atoms with Gasteiger partial charge in [-0.25, -0.2) is 0 Å². The van der Waals surface area contributed by atoms with Gasteiger partial charge in [0.1, 0.15) is 5.92 Å². The van der Waals surface area contributed by atoms with E-state index in [1.807, 2.05) is 16.8 Å². The van der Waals surface area contributed by atoms with Crippen molar-refractivity contribution in [1.29, 1.82) is 0 Å². The van der Waals surface area contributed by atoms with Gasteiger partial charge >= 0.3 is 0 Å². The van der Waals surface area contributed by atoms with E-state index < -0.39 is 0 Å². The summed E-state index contributed by atoms with van der Waals surface area (Å²) in [6, 6.07) is 16.7. The largest absolute Gasteiger partial charge is 0.319 e. The maximum absolute atomic E-state index is 12.2. The minimum Gasteiger partial charge on any atom is -0.319 e. The van der Waals surface area contributed by atoms with Crippen LogP contribution in [0.1, 0.15) is 17.5 Å². The zero-order valence-corrected chi connectivity index (χ0v) is 12.0. The summed E-state index contributed by atoms with van der Waals surface area (Å²) >= 11 is 0. The van der Waals surface area contributed by atoms with Crippen molar-refractivity contribution in [2.24, 2.45) is 5.92 Å². The van der Waals surface area contributed by atoms with Gasteiger partial charge in [-0.2, -0.15) is 0 Å². The van der Waals surface area contributed by atoms with Gasteiger partial charge in [0.2, 0.25) is 5.71 Å². The predicted octanol–water partition coefficient (Wildman–Crippen LogP) is 1.92. The van der Waals surface area contributed by atoms with E-state index >= 15 is 0 Å². The molecule has 2 atom stereocenters. The van der Waals surface area contributed by atoms with Crippen molar-refractivity contribution in [3.8, 4) is 11.1 Å². The van der Waals surface area contributed by atoms with Gasteiger partial charge < -0.3 is 4.74 Å². The molecule has 108 valence electrons. The molecule has 0 unspecified atom stereocenters. The minimum atomic E-state index is -0.193. The van der Waals surface area contributed by atoms with Crippen LogP contribution in [-0.2, 0) is 9.53 Å². The first-order chi connectivity index (χ1) is 10.8. The number of hydrazone groups is 1. The fourth-order valence-electron chi connectivity index (χ4n) is 3.79. The van der Waals surface area contributed by atoms with E-state index in [0.717, 1.165) is 23.3 Å². The zero-order chi connectivity index (χ0) is 14.7. The molecule has 2 aromatic carbocycles. The molecule has 3 aliphatic rings. The lowest BCUT2D eigenvalue weighted by molar-refractivity contribution is -0.633. The first kappa shape index (κ1) is 12.1. The van der Waals surface area contributed by atoms with Crippen LogP contribution in [0.4, 0.5) is 0 Å². The molecule has 0 spiro atoms. The van der Waals surface area contributed by atoms with E-state index in [2.05, 4.69) is 41.8 Å². The lowest BCUT2D eigenvalue weighted by atomic mass is 10.1. The number of hydrazine groups is 1. The maximum Gasteiger partial charge on any atom is 0.298 e. The summed E-state index contributed by atoms with van der Waals surface area (Å²) in [5, 5.41) is 0. The molecule has 4 heteroatoms. The third-order valence-electron chi connectivity index (χ3n) is 4.78. The Hall–Kier alpha value is -2.46. The molecule has 0 aromatic heterocycles. The molecule has 2 fully saturated rings. The molecule has 2 aromatic rings. The molecule has 0 bridgehead atoms. The highest BCUT2D eigenvalue weighted by Gasteiger charge is 2.52. The van der Waals surface area contributed by atoms with Crippen LogP contribution in [0.25, 0.3) is 11.1 Å². The van der Waals surface area contributed by atoms with Gasteiger partial charge in [-0.05, 0) is 29.7 Å². The van der Waals surface area contributed by atoms with Gasteiger partial charge in [0.25, 0.3) is 12.1 Å². The SMILES string of the molecule is O=C1N[N+](=C2c3ccccc3-c3ccccc32)[C@@H]2OCC[C@H]12. The van der Waals surface area contributed by atoms with Gasteiger partial charge in [-0.15, -0.1) is 5.43 Å². The van der Waals surface area contributed by atoms with Crippen LogP contribution in [0.2, 0.25) is 0 Å². The summed E-state index contributed by atoms with van der Waals surface area (Å²) < 4.78 is 7.76. The highest BCUT2D eigenvalue weighted by atomic mass is 16.5. The third-order valence-corrected chi connectivity index (χ3v) is 4.78. The van der Waals surface area contributed by atoms with E-state index in [1.165, 1.54) is 11.1 Å². The van der Waals surface area contributed by atoms with Crippen LogP contribution in [0.3, 0.4) is 0 Å². The Morgan fingerprint density at radius 2 is 1.55 bits per heavy atom. The molecule has 0 radical (unpaired) electrons. The monoisotopic (exact) mass is 291 g/mol. The highest BCUT2D eigenvalue weighted by Crippen LogP contribution is 2.38. The molecule has 2 aliphatic heterocycles. The number of rotatable bonds is 0. The molecule has 1 aliphatic carbocycles. The second-order valence-corrected chi connectivity index (χ2v) is 5.94. The summed E-state index contributed by atoms with van der Waals surface area (Å²) in [7, 11) is 0. The fourth-order valence-corrected chi connectivity index (χ4v) is 3.79. The standard InChI is InChI=1S/C18H14N2O2/c21-17-15-9-10-22-18(15)20(19-17)16-13-7-3-1-5-11(13)12-6-2-4-8-14(12)16/h1-8,15,18H,9-10H2/p+1/t15-,18-/m1/s1. The molecule has 4 nitrogen and oxygen atoms in total. The average molecular weight is 291 g/mol.